The maximum Gasteiger partial charge on any atom is 0.150 e. The largest absolute Gasteiger partial charge is 0.313 e. The van der Waals surface area contributed by atoms with Crippen molar-refractivity contribution in [2.24, 2.45) is 5.92 Å². The van der Waals surface area contributed by atoms with Crippen LogP contribution in [0.5, 0.6) is 0 Å². The third kappa shape index (κ3) is 4.42. The molecule has 0 saturated carbocycles. The molecule has 0 saturated heterocycles. The van der Waals surface area contributed by atoms with E-state index >= 15 is 0 Å². The molecule has 0 aliphatic carbocycles. The molecule has 1 N–H and O–H groups in total. The Bertz CT molecular complexity index is 442. The zero-order valence-corrected chi connectivity index (χ0v) is 12.2. The summed E-state index contributed by atoms with van der Waals surface area (Å²) in [5.41, 5.74) is 1.21. The highest BCUT2D eigenvalue weighted by atomic mass is 32.2. The zero-order valence-electron chi connectivity index (χ0n) is 11.4. The first-order chi connectivity index (χ1) is 8.50. The van der Waals surface area contributed by atoms with Gasteiger partial charge in [-0.15, -0.1) is 0 Å². The van der Waals surface area contributed by atoms with Crippen LogP contribution in [0.2, 0.25) is 0 Å². The SMILES string of the molecule is CCS(=O)(=O)CCC(C)C(NC)c1ccccc1. The van der Waals surface area contributed by atoms with Crippen LogP contribution in [-0.2, 0) is 9.84 Å². The Morgan fingerprint density at radius 2 is 1.83 bits per heavy atom. The lowest BCUT2D eigenvalue weighted by Gasteiger charge is -2.24. The van der Waals surface area contributed by atoms with Gasteiger partial charge < -0.3 is 5.32 Å². The van der Waals surface area contributed by atoms with Crippen molar-refractivity contribution in [1.29, 1.82) is 0 Å². The maximum absolute atomic E-state index is 11.5. The first-order valence-electron chi connectivity index (χ1n) is 6.42. The van der Waals surface area contributed by atoms with Gasteiger partial charge in [-0.25, -0.2) is 8.42 Å². The van der Waals surface area contributed by atoms with Crippen LogP contribution >= 0.6 is 0 Å². The number of rotatable bonds is 7. The Kier molecular flexibility index (Phi) is 5.82. The van der Waals surface area contributed by atoms with E-state index in [4.69, 9.17) is 0 Å². The van der Waals surface area contributed by atoms with Gasteiger partial charge in [-0.05, 0) is 24.9 Å². The van der Waals surface area contributed by atoms with E-state index in [-0.39, 0.29) is 17.5 Å². The van der Waals surface area contributed by atoms with E-state index in [0.29, 0.717) is 12.3 Å². The van der Waals surface area contributed by atoms with Crippen LogP contribution in [0.1, 0.15) is 31.9 Å². The Hall–Kier alpha value is -0.870. The van der Waals surface area contributed by atoms with E-state index in [0.717, 1.165) is 0 Å². The molecule has 0 amide bonds. The minimum absolute atomic E-state index is 0.207. The number of sulfone groups is 1. The summed E-state index contributed by atoms with van der Waals surface area (Å²) in [7, 11) is -0.947. The van der Waals surface area contributed by atoms with Crippen molar-refractivity contribution in [2.45, 2.75) is 26.3 Å². The maximum atomic E-state index is 11.5. The van der Waals surface area contributed by atoms with Gasteiger partial charge in [-0.3, -0.25) is 0 Å². The summed E-state index contributed by atoms with van der Waals surface area (Å²) in [5, 5.41) is 3.28. The highest BCUT2D eigenvalue weighted by Crippen LogP contribution is 2.24. The molecular weight excluding hydrogens is 246 g/mol. The molecule has 0 radical (unpaired) electrons. The molecule has 1 rings (SSSR count). The summed E-state index contributed by atoms with van der Waals surface area (Å²) in [6.45, 7) is 3.80. The van der Waals surface area contributed by atoms with Crippen molar-refractivity contribution in [3.8, 4) is 0 Å². The van der Waals surface area contributed by atoms with Crippen molar-refractivity contribution in [2.75, 3.05) is 18.6 Å². The summed E-state index contributed by atoms with van der Waals surface area (Å²) in [6, 6.07) is 10.4. The predicted octanol–water partition coefficient (Wildman–Crippen LogP) is 2.41. The fourth-order valence-corrected chi connectivity index (χ4v) is 3.14. The van der Waals surface area contributed by atoms with Crippen molar-refractivity contribution < 1.29 is 8.42 Å². The van der Waals surface area contributed by atoms with Gasteiger partial charge >= 0.3 is 0 Å². The van der Waals surface area contributed by atoms with Gasteiger partial charge in [0, 0.05) is 11.8 Å². The van der Waals surface area contributed by atoms with Crippen LogP contribution in [0, 0.1) is 5.92 Å². The van der Waals surface area contributed by atoms with Crippen LogP contribution in [0.4, 0.5) is 0 Å². The second kappa shape index (κ2) is 6.90. The molecule has 2 atom stereocenters. The van der Waals surface area contributed by atoms with Gasteiger partial charge in [-0.1, -0.05) is 44.2 Å². The highest BCUT2D eigenvalue weighted by molar-refractivity contribution is 7.91. The second-order valence-corrected chi connectivity index (χ2v) is 7.15. The molecule has 0 spiro atoms. The van der Waals surface area contributed by atoms with Crippen molar-refractivity contribution in [1.82, 2.24) is 5.32 Å². The molecule has 3 nitrogen and oxygen atoms in total. The topological polar surface area (TPSA) is 46.2 Å². The summed E-state index contributed by atoms with van der Waals surface area (Å²) < 4.78 is 23.1. The molecule has 1 aromatic carbocycles. The van der Waals surface area contributed by atoms with Crippen LogP contribution in [-0.4, -0.2) is 27.0 Å². The normalized spacial score (nSPS) is 15.3. The lowest BCUT2D eigenvalue weighted by atomic mass is 9.93. The van der Waals surface area contributed by atoms with Gasteiger partial charge in [0.05, 0.1) is 5.75 Å². The fraction of sp³-hybridized carbons (Fsp3) is 0.571. The monoisotopic (exact) mass is 269 g/mol. The molecule has 0 fully saturated rings. The van der Waals surface area contributed by atoms with E-state index in [9.17, 15) is 8.42 Å². The Morgan fingerprint density at radius 1 is 1.22 bits per heavy atom. The third-order valence-electron chi connectivity index (χ3n) is 3.36. The summed E-state index contributed by atoms with van der Waals surface area (Å²) in [4.78, 5) is 0. The molecule has 2 unspecified atom stereocenters. The number of benzene rings is 1. The van der Waals surface area contributed by atoms with Gasteiger partial charge in [-0.2, -0.15) is 0 Å². The first kappa shape index (κ1) is 15.2. The van der Waals surface area contributed by atoms with Gasteiger partial charge in [0.1, 0.15) is 9.84 Å². The van der Waals surface area contributed by atoms with E-state index in [2.05, 4.69) is 24.4 Å². The minimum atomic E-state index is -2.87. The Balaban J connectivity index is 2.67. The van der Waals surface area contributed by atoms with Gasteiger partial charge in [0.15, 0.2) is 0 Å². The standard InChI is InChI=1S/C14H23NO2S/c1-4-18(16,17)11-10-12(2)14(15-3)13-8-6-5-7-9-13/h5-9,12,14-15H,4,10-11H2,1-3H3. The zero-order chi connectivity index (χ0) is 13.6. The van der Waals surface area contributed by atoms with Crippen molar-refractivity contribution in [3.63, 3.8) is 0 Å². The summed E-state index contributed by atoms with van der Waals surface area (Å²) >= 11 is 0. The van der Waals surface area contributed by atoms with E-state index in [1.54, 1.807) is 6.92 Å². The summed E-state index contributed by atoms with van der Waals surface area (Å²) in [6.07, 6.45) is 0.691. The molecule has 0 aromatic heterocycles. The molecule has 0 aliphatic heterocycles. The fourth-order valence-electron chi connectivity index (χ4n) is 2.12. The van der Waals surface area contributed by atoms with E-state index in [1.807, 2.05) is 25.2 Å². The van der Waals surface area contributed by atoms with E-state index in [1.165, 1.54) is 5.56 Å². The molecule has 0 aliphatic rings. The Morgan fingerprint density at radius 3 is 2.33 bits per heavy atom. The number of nitrogens with one attached hydrogen (secondary N) is 1. The third-order valence-corrected chi connectivity index (χ3v) is 5.10. The summed E-state index contributed by atoms with van der Waals surface area (Å²) in [5.74, 6) is 0.795. The van der Waals surface area contributed by atoms with Gasteiger partial charge in [0.2, 0.25) is 0 Å². The molecule has 1 aromatic rings. The van der Waals surface area contributed by atoms with Crippen molar-refractivity contribution >= 4 is 9.84 Å². The van der Waals surface area contributed by atoms with Gasteiger partial charge in [0.25, 0.3) is 0 Å². The lowest BCUT2D eigenvalue weighted by molar-refractivity contribution is 0.400. The molecule has 0 bridgehead atoms. The molecular formula is C14H23NO2S. The molecule has 4 heteroatoms. The Labute approximate surface area is 111 Å². The van der Waals surface area contributed by atoms with Crippen LogP contribution in [0.3, 0.4) is 0 Å². The van der Waals surface area contributed by atoms with Crippen molar-refractivity contribution in [3.05, 3.63) is 35.9 Å². The first-order valence-corrected chi connectivity index (χ1v) is 8.25. The van der Waals surface area contributed by atoms with Crippen LogP contribution < -0.4 is 5.32 Å². The lowest BCUT2D eigenvalue weighted by Crippen LogP contribution is -2.25. The van der Waals surface area contributed by atoms with Crippen LogP contribution in [0.15, 0.2) is 30.3 Å². The smallest absolute Gasteiger partial charge is 0.150 e. The second-order valence-electron chi connectivity index (χ2n) is 4.68. The quantitative estimate of drug-likeness (QED) is 0.827. The average molecular weight is 269 g/mol. The van der Waals surface area contributed by atoms with E-state index < -0.39 is 9.84 Å². The molecule has 0 heterocycles. The molecule has 18 heavy (non-hydrogen) atoms. The van der Waals surface area contributed by atoms with Crippen LogP contribution in [0.25, 0.3) is 0 Å². The predicted molar refractivity (Wildman–Crippen MR) is 76.4 cm³/mol. The molecule has 102 valence electrons. The highest BCUT2D eigenvalue weighted by Gasteiger charge is 2.19. The number of hydrogen-bond donors (Lipinski definition) is 1. The average Bonchev–Trinajstić information content (AvgIpc) is 2.39. The minimum Gasteiger partial charge on any atom is -0.313 e. The number of hydrogen-bond acceptors (Lipinski definition) is 3.